The first kappa shape index (κ1) is 15.5. The van der Waals surface area contributed by atoms with E-state index in [9.17, 15) is 4.79 Å². The number of hydrogen-bond donors (Lipinski definition) is 1. The van der Waals surface area contributed by atoms with Crippen LogP contribution in [0.4, 0.5) is 5.69 Å². The summed E-state index contributed by atoms with van der Waals surface area (Å²) in [5.74, 6) is 0.0845. The van der Waals surface area contributed by atoms with Crippen molar-refractivity contribution in [3.8, 4) is 6.07 Å². The number of aromatic nitrogens is 1. The maximum atomic E-state index is 12.0. The normalized spacial score (nSPS) is 9.95. The lowest BCUT2D eigenvalue weighted by molar-refractivity contribution is -0.113. The Morgan fingerprint density at radius 3 is 3.00 bits per heavy atom. The van der Waals surface area contributed by atoms with E-state index in [0.29, 0.717) is 10.6 Å². The van der Waals surface area contributed by atoms with E-state index >= 15 is 0 Å². The Morgan fingerprint density at radius 1 is 1.48 bits per heavy atom. The molecule has 1 amide bonds. The number of hydrogen-bond acceptors (Lipinski definition) is 4. The van der Waals surface area contributed by atoms with Gasteiger partial charge in [-0.2, -0.15) is 5.26 Å². The number of pyridine rings is 1. The summed E-state index contributed by atoms with van der Waals surface area (Å²) in [6, 6.07) is 11.1. The minimum atomic E-state index is -0.125. The lowest BCUT2D eigenvalue weighted by Gasteiger charge is -2.08. The predicted molar refractivity (Wildman–Crippen MR) is 87.2 cm³/mol. The van der Waals surface area contributed by atoms with Gasteiger partial charge >= 0.3 is 0 Å². The van der Waals surface area contributed by atoms with Gasteiger partial charge in [-0.05, 0) is 42.8 Å². The fourth-order valence-corrected chi connectivity index (χ4v) is 2.90. The lowest BCUT2D eigenvalue weighted by atomic mass is 10.2. The van der Waals surface area contributed by atoms with Gasteiger partial charge in [0, 0.05) is 16.4 Å². The maximum absolute atomic E-state index is 12.0. The molecule has 1 N–H and O–H groups in total. The zero-order valence-corrected chi connectivity index (χ0v) is 13.7. The molecular weight excluding hydrogens is 350 g/mol. The summed E-state index contributed by atoms with van der Waals surface area (Å²) in [7, 11) is 0. The van der Waals surface area contributed by atoms with Crippen LogP contribution in [-0.2, 0) is 4.79 Å². The van der Waals surface area contributed by atoms with E-state index in [1.54, 1.807) is 18.3 Å². The number of amides is 1. The predicted octanol–water partition coefficient (Wildman–Crippen LogP) is 3.76. The number of anilines is 1. The fourth-order valence-electron chi connectivity index (χ4n) is 1.68. The van der Waals surface area contributed by atoms with Gasteiger partial charge in [0.05, 0.1) is 11.3 Å². The molecule has 0 atom stereocenters. The van der Waals surface area contributed by atoms with Gasteiger partial charge in [-0.25, -0.2) is 4.98 Å². The molecule has 1 heterocycles. The molecule has 0 spiro atoms. The molecular formula is C15H12BrN3OS. The van der Waals surface area contributed by atoms with Crippen LogP contribution in [0.3, 0.4) is 0 Å². The van der Waals surface area contributed by atoms with E-state index in [1.807, 2.05) is 25.1 Å². The lowest BCUT2D eigenvalue weighted by Crippen LogP contribution is -2.15. The number of aryl methyl sites for hydroxylation is 1. The number of nitrogens with zero attached hydrogens (tertiary/aromatic N) is 2. The van der Waals surface area contributed by atoms with Crippen molar-refractivity contribution < 1.29 is 4.79 Å². The van der Waals surface area contributed by atoms with Crippen molar-refractivity contribution in [1.82, 2.24) is 4.98 Å². The van der Waals surface area contributed by atoms with Gasteiger partial charge in [0.1, 0.15) is 11.1 Å². The second-order valence-corrected chi connectivity index (χ2v) is 6.14. The first-order valence-electron chi connectivity index (χ1n) is 6.14. The van der Waals surface area contributed by atoms with Crippen molar-refractivity contribution in [2.75, 3.05) is 11.1 Å². The van der Waals surface area contributed by atoms with E-state index in [-0.39, 0.29) is 11.7 Å². The van der Waals surface area contributed by atoms with Crippen molar-refractivity contribution in [2.24, 2.45) is 0 Å². The Balaban J connectivity index is 1.98. The molecule has 0 aliphatic rings. The fraction of sp³-hybridized carbons (Fsp3) is 0.133. The molecule has 0 unspecified atom stereocenters. The van der Waals surface area contributed by atoms with Crippen molar-refractivity contribution in [1.29, 1.82) is 5.26 Å². The highest BCUT2D eigenvalue weighted by Gasteiger charge is 2.09. The van der Waals surface area contributed by atoms with Crippen LogP contribution in [0.5, 0.6) is 0 Å². The summed E-state index contributed by atoms with van der Waals surface area (Å²) in [6.45, 7) is 1.93. The third kappa shape index (κ3) is 4.31. The average Bonchev–Trinajstić information content (AvgIpc) is 2.48. The van der Waals surface area contributed by atoms with E-state index < -0.39 is 0 Å². The largest absolute Gasteiger partial charge is 0.325 e. The third-order valence-corrected chi connectivity index (χ3v) is 4.19. The van der Waals surface area contributed by atoms with Crippen LogP contribution in [-0.4, -0.2) is 16.6 Å². The number of rotatable bonds is 4. The van der Waals surface area contributed by atoms with E-state index in [0.717, 1.165) is 15.7 Å². The monoisotopic (exact) mass is 361 g/mol. The van der Waals surface area contributed by atoms with Gasteiger partial charge in [-0.1, -0.05) is 27.7 Å². The summed E-state index contributed by atoms with van der Waals surface area (Å²) in [5.41, 5.74) is 2.25. The topological polar surface area (TPSA) is 65.8 Å². The summed E-state index contributed by atoms with van der Waals surface area (Å²) in [5, 5.41) is 12.4. The maximum Gasteiger partial charge on any atom is 0.234 e. The number of carbonyl (C=O) groups excluding carboxylic acids is 1. The molecule has 106 valence electrons. The van der Waals surface area contributed by atoms with E-state index in [2.05, 4.69) is 32.3 Å². The van der Waals surface area contributed by atoms with Crippen molar-refractivity contribution in [3.05, 3.63) is 52.1 Å². The zero-order valence-electron chi connectivity index (χ0n) is 11.3. The molecule has 1 aromatic carbocycles. The molecule has 0 saturated heterocycles. The Bertz CT molecular complexity index is 712. The minimum Gasteiger partial charge on any atom is -0.325 e. The number of nitriles is 1. The van der Waals surface area contributed by atoms with Gasteiger partial charge in [0.25, 0.3) is 0 Å². The highest BCUT2D eigenvalue weighted by Crippen LogP contribution is 2.22. The summed E-state index contributed by atoms with van der Waals surface area (Å²) >= 11 is 4.64. The van der Waals surface area contributed by atoms with Crippen molar-refractivity contribution >= 4 is 39.3 Å². The number of nitrogens with one attached hydrogen (secondary N) is 1. The molecule has 0 bridgehead atoms. The first-order valence-corrected chi connectivity index (χ1v) is 7.92. The van der Waals surface area contributed by atoms with Crippen LogP contribution in [0.1, 0.15) is 11.1 Å². The molecule has 2 aromatic rings. The van der Waals surface area contributed by atoms with Gasteiger partial charge in [-0.3, -0.25) is 4.79 Å². The molecule has 6 heteroatoms. The van der Waals surface area contributed by atoms with Gasteiger partial charge in [0.15, 0.2) is 0 Å². The Labute approximate surface area is 135 Å². The number of carbonyl (C=O) groups is 1. The van der Waals surface area contributed by atoms with Crippen LogP contribution < -0.4 is 5.32 Å². The number of thioether (sulfide) groups is 1. The Hall–Kier alpha value is -1.84. The number of halogens is 1. The highest BCUT2D eigenvalue weighted by atomic mass is 79.9. The van der Waals surface area contributed by atoms with E-state index in [1.165, 1.54) is 11.8 Å². The Morgan fingerprint density at radius 2 is 2.29 bits per heavy atom. The molecule has 0 saturated carbocycles. The second kappa shape index (κ2) is 7.25. The SMILES string of the molecule is Cc1cc(Br)ccc1NC(=O)CSc1ncccc1C#N. The molecule has 0 aliphatic carbocycles. The minimum absolute atomic E-state index is 0.125. The Kier molecular flexibility index (Phi) is 5.37. The molecule has 0 aliphatic heterocycles. The van der Waals surface area contributed by atoms with E-state index in [4.69, 9.17) is 5.26 Å². The number of benzene rings is 1. The summed E-state index contributed by atoms with van der Waals surface area (Å²) in [6.07, 6.45) is 1.61. The molecule has 2 rings (SSSR count). The first-order chi connectivity index (χ1) is 10.1. The van der Waals surface area contributed by atoms with Gasteiger partial charge < -0.3 is 5.32 Å². The smallest absolute Gasteiger partial charge is 0.234 e. The quantitative estimate of drug-likeness (QED) is 0.842. The summed E-state index contributed by atoms with van der Waals surface area (Å²) in [4.78, 5) is 16.1. The molecule has 1 aromatic heterocycles. The average molecular weight is 362 g/mol. The van der Waals surface area contributed by atoms with Crippen LogP contribution in [0.25, 0.3) is 0 Å². The summed E-state index contributed by atoms with van der Waals surface area (Å²) < 4.78 is 0.972. The van der Waals surface area contributed by atoms with Gasteiger partial charge in [-0.15, -0.1) is 0 Å². The third-order valence-electron chi connectivity index (χ3n) is 2.69. The van der Waals surface area contributed by atoms with Crippen molar-refractivity contribution in [3.63, 3.8) is 0 Å². The highest BCUT2D eigenvalue weighted by molar-refractivity contribution is 9.10. The van der Waals surface area contributed by atoms with Crippen molar-refractivity contribution in [2.45, 2.75) is 11.9 Å². The van der Waals surface area contributed by atoms with Crippen LogP contribution >= 0.6 is 27.7 Å². The standard InChI is InChI=1S/C15H12BrN3OS/c1-10-7-12(16)4-5-13(10)19-14(20)9-21-15-11(8-17)3-2-6-18-15/h2-7H,9H2,1H3,(H,19,20). The van der Waals surface area contributed by atoms with Crippen LogP contribution in [0.2, 0.25) is 0 Å². The molecule has 0 radical (unpaired) electrons. The molecule has 0 fully saturated rings. The van der Waals surface area contributed by atoms with Crippen LogP contribution in [0.15, 0.2) is 46.0 Å². The van der Waals surface area contributed by atoms with Crippen LogP contribution in [0, 0.1) is 18.3 Å². The van der Waals surface area contributed by atoms with Gasteiger partial charge in [0.2, 0.25) is 5.91 Å². The zero-order chi connectivity index (χ0) is 15.2. The second-order valence-electron chi connectivity index (χ2n) is 4.26. The molecule has 4 nitrogen and oxygen atoms in total. The molecule has 21 heavy (non-hydrogen) atoms.